The van der Waals surface area contributed by atoms with E-state index in [1.165, 1.54) is 0 Å². The fourth-order valence-corrected chi connectivity index (χ4v) is 3.36. The fourth-order valence-electron chi connectivity index (χ4n) is 3.36. The molecule has 3 aromatic carbocycles. The maximum absolute atomic E-state index is 11.1. The second kappa shape index (κ2) is 12.1. The summed E-state index contributed by atoms with van der Waals surface area (Å²) in [5, 5.41) is 0. The Bertz CT molecular complexity index is 919. The van der Waals surface area contributed by atoms with E-state index in [9.17, 15) is 4.79 Å². The smallest absolute Gasteiger partial charge is 0.150 e. The highest BCUT2D eigenvalue weighted by molar-refractivity contribution is 5.80. The number of anilines is 3. The van der Waals surface area contributed by atoms with E-state index in [0.29, 0.717) is 30.6 Å². The normalized spacial score (nSPS) is 11.0. The predicted molar refractivity (Wildman–Crippen MR) is 136 cm³/mol. The summed E-state index contributed by atoms with van der Waals surface area (Å²) in [6.07, 6.45) is 2.92. The summed E-state index contributed by atoms with van der Waals surface area (Å²) in [5.74, 6) is 2.96. The Morgan fingerprint density at radius 2 is 1.00 bits per heavy atom. The van der Waals surface area contributed by atoms with Crippen LogP contribution in [0, 0.1) is 11.8 Å². The summed E-state index contributed by atoms with van der Waals surface area (Å²) in [4.78, 5) is 13.3. The van der Waals surface area contributed by atoms with Gasteiger partial charge in [0.1, 0.15) is 17.8 Å². The summed E-state index contributed by atoms with van der Waals surface area (Å²) >= 11 is 0. The molecule has 0 fully saturated rings. The number of nitrogens with zero attached hydrogens (tertiary/aromatic N) is 1. The van der Waals surface area contributed by atoms with Gasteiger partial charge in [0.25, 0.3) is 0 Å². The molecule has 174 valence electrons. The summed E-state index contributed by atoms with van der Waals surface area (Å²) in [6, 6.07) is 23.9. The molecule has 0 atom stereocenters. The van der Waals surface area contributed by atoms with Crippen LogP contribution in [0.1, 0.15) is 50.9 Å². The predicted octanol–water partition coefficient (Wildman–Crippen LogP) is 7.82. The SMILES string of the molecule is CC(C)CCOc1ccc(N(c2ccc(C=O)cc2)c2ccc(OCCC(C)C)cc2)cc1. The van der Waals surface area contributed by atoms with Crippen LogP contribution in [0.15, 0.2) is 72.8 Å². The van der Waals surface area contributed by atoms with Crippen molar-refractivity contribution in [3.8, 4) is 11.5 Å². The molecule has 0 bridgehead atoms. The Morgan fingerprint density at radius 3 is 1.33 bits per heavy atom. The molecule has 3 aromatic rings. The molecule has 3 rings (SSSR count). The van der Waals surface area contributed by atoms with Crippen molar-refractivity contribution >= 4 is 23.3 Å². The zero-order valence-electron chi connectivity index (χ0n) is 20.2. The van der Waals surface area contributed by atoms with E-state index in [4.69, 9.17) is 9.47 Å². The third kappa shape index (κ3) is 7.38. The molecule has 33 heavy (non-hydrogen) atoms. The maximum Gasteiger partial charge on any atom is 0.150 e. The number of ether oxygens (including phenoxy) is 2. The summed E-state index contributed by atoms with van der Waals surface area (Å²) in [5.41, 5.74) is 3.65. The van der Waals surface area contributed by atoms with Crippen LogP contribution in [0.4, 0.5) is 17.1 Å². The summed E-state index contributed by atoms with van der Waals surface area (Å²) in [7, 11) is 0. The molecular formula is C29H35NO3. The minimum absolute atomic E-state index is 0.617. The molecule has 0 amide bonds. The molecule has 4 nitrogen and oxygen atoms in total. The zero-order chi connectivity index (χ0) is 23.6. The molecule has 0 aliphatic heterocycles. The number of rotatable bonds is 12. The number of carbonyl (C=O) groups is 1. The highest BCUT2D eigenvalue weighted by Gasteiger charge is 2.13. The van der Waals surface area contributed by atoms with Crippen molar-refractivity contribution in [2.75, 3.05) is 18.1 Å². The van der Waals surface area contributed by atoms with Crippen LogP contribution in [-0.2, 0) is 0 Å². The van der Waals surface area contributed by atoms with Crippen LogP contribution < -0.4 is 14.4 Å². The third-order valence-electron chi connectivity index (χ3n) is 5.41. The molecule has 0 radical (unpaired) electrons. The van der Waals surface area contributed by atoms with E-state index in [0.717, 1.165) is 47.7 Å². The van der Waals surface area contributed by atoms with Gasteiger partial charge < -0.3 is 14.4 Å². The number of aldehydes is 1. The molecule has 0 aliphatic carbocycles. The fraction of sp³-hybridized carbons (Fsp3) is 0.345. The molecular weight excluding hydrogens is 410 g/mol. The van der Waals surface area contributed by atoms with Crippen molar-refractivity contribution in [1.82, 2.24) is 0 Å². The van der Waals surface area contributed by atoms with E-state index in [1.54, 1.807) is 0 Å². The number of carbonyl (C=O) groups excluding carboxylic acids is 1. The molecule has 4 heteroatoms. The van der Waals surface area contributed by atoms with Crippen LogP contribution >= 0.6 is 0 Å². The lowest BCUT2D eigenvalue weighted by molar-refractivity contribution is 0.112. The van der Waals surface area contributed by atoms with Crippen LogP contribution in [0.2, 0.25) is 0 Å². The Labute approximate surface area is 198 Å². The monoisotopic (exact) mass is 445 g/mol. The van der Waals surface area contributed by atoms with Crippen molar-refractivity contribution in [1.29, 1.82) is 0 Å². The minimum atomic E-state index is 0.617. The molecule has 0 unspecified atom stereocenters. The van der Waals surface area contributed by atoms with E-state index < -0.39 is 0 Å². The Hall–Kier alpha value is -3.27. The van der Waals surface area contributed by atoms with E-state index >= 15 is 0 Å². The van der Waals surface area contributed by atoms with Gasteiger partial charge in [-0.25, -0.2) is 0 Å². The average molecular weight is 446 g/mol. The first kappa shape index (κ1) is 24.4. The van der Waals surface area contributed by atoms with Crippen LogP contribution in [0.3, 0.4) is 0 Å². The van der Waals surface area contributed by atoms with Crippen molar-refractivity contribution in [2.24, 2.45) is 11.8 Å². The van der Waals surface area contributed by atoms with E-state index in [1.807, 2.05) is 48.5 Å². The summed E-state index contributed by atoms with van der Waals surface area (Å²) < 4.78 is 11.8. The number of hydrogen-bond donors (Lipinski definition) is 0. The van der Waals surface area contributed by atoms with Gasteiger partial charge in [-0.15, -0.1) is 0 Å². The minimum Gasteiger partial charge on any atom is -0.494 e. The van der Waals surface area contributed by atoms with Gasteiger partial charge in [-0.05, 0) is 97.5 Å². The van der Waals surface area contributed by atoms with Gasteiger partial charge in [0.05, 0.1) is 13.2 Å². The van der Waals surface area contributed by atoms with Gasteiger partial charge in [0, 0.05) is 22.6 Å². The van der Waals surface area contributed by atoms with Crippen LogP contribution in [0.25, 0.3) is 0 Å². The number of hydrogen-bond acceptors (Lipinski definition) is 4. The number of benzene rings is 3. The van der Waals surface area contributed by atoms with Crippen molar-refractivity contribution in [3.63, 3.8) is 0 Å². The second-order valence-electron chi connectivity index (χ2n) is 9.09. The highest BCUT2D eigenvalue weighted by atomic mass is 16.5. The van der Waals surface area contributed by atoms with E-state index in [2.05, 4.69) is 56.9 Å². The van der Waals surface area contributed by atoms with Gasteiger partial charge in [-0.3, -0.25) is 4.79 Å². The zero-order valence-corrected chi connectivity index (χ0v) is 20.2. The molecule has 0 aromatic heterocycles. The Balaban J connectivity index is 1.83. The standard InChI is InChI=1S/C29H35NO3/c1-22(2)17-19-32-28-13-9-26(10-14-28)30(25-7-5-24(21-31)6-8-25)27-11-15-29(16-12-27)33-20-18-23(3)4/h5-16,21-23H,17-20H2,1-4H3. The largest absolute Gasteiger partial charge is 0.494 e. The van der Waals surface area contributed by atoms with Gasteiger partial charge in [-0.1, -0.05) is 27.7 Å². The van der Waals surface area contributed by atoms with Gasteiger partial charge in [-0.2, -0.15) is 0 Å². The first-order chi connectivity index (χ1) is 16.0. The maximum atomic E-state index is 11.1. The molecule has 0 aliphatic rings. The molecule has 0 heterocycles. The average Bonchev–Trinajstić information content (AvgIpc) is 2.81. The lowest BCUT2D eigenvalue weighted by Gasteiger charge is -2.26. The van der Waals surface area contributed by atoms with Gasteiger partial charge in [0.2, 0.25) is 0 Å². The Kier molecular flexibility index (Phi) is 8.94. The lowest BCUT2D eigenvalue weighted by atomic mass is 10.1. The van der Waals surface area contributed by atoms with Crippen LogP contribution in [-0.4, -0.2) is 19.5 Å². The lowest BCUT2D eigenvalue weighted by Crippen LogP contribution is -2.10. The molecule has 0 saturated heterocycles. The third-order valence-corrected chi connectivity index (χ3v) is 5.41. The topological polar surface area (TPSA) is 38.8 Å². The quantitative estimate of drug-likeness (QED) is 0.266. The van der Waals surface area contributed by atoms with E-state index in [-0.39, 0.29) is 0 Å². The van der Waals surface area contributed by atoms with Crippen LogP contribution in [0.5, 0.6) is 11.5 Å². The van der Waals surface area contributed by atoms with Gasteiger partial charge >= 0.3 is 0 Å². The van der Waals surface area contributed by atoms with Crippen molar-refractivity contribution in [3.05, 3.63) is 78.4 Å². The Morgan fingerprint density at radius 1 is 0.636 bits per heavy atom. The second-order valence-corrected chi connectivity index (χ2v) is 9.09. The molecule has 0 N–H and O–H groups in total. The highest BCUT2D eigenvalue weighted by Crippen LogP contribution is 2.36. The first-order valence-electron chi connectivity index (χ1n) is 11.8. The van der Waals surface area contributed by atoms with Crippen molar-refractivity contribution in [2.45, 2.75) is 40.5 Å². The first-order valence-corrected chi connectivity index (χ1v) is 11.8. The van der Waals surface area contributed by atoms with Gasteiger partial charge in [0.15, 0.2) is 0 Å². The van der Waals surface area contributed by atoms with Crippen molar-refractivity contribution < 1.29 is 14.3 Å². The summed E-state index contributed by atoms with van der Waals surface area (Å²) in [6.45, 7) is 10.2. The molecule has 0 spiro atoms. The molecule has 0 saturated carbocycles.